The van der Waals surface area contributed by atoms with Crippen LogP contribution in [-0.2, 0) is 9.47 Å². The molecule has 0 bridgehead atoms. The Morgan fingerprint density at radius 3 is 2.14 bits per heavy atom. The fraction of sp³-hybridized carbons (Fsp3) is 0.320. The molecule has 0 aliphatic carbocycles. The van der Waals surface area contributed by atoms with Gasteiger partial charge in [0.2, 0.25) is 0 Å². The first-order chi connectivity index (χ1) is 16.3. The molecule has 0 aliphatic rings. The van der Waals surface area contributed by atoms with Crippen molar-refractivity contribution in [3.63, 3.8) is 0 Å². The minimum absolute atomic E-state index is 0.0474. The highest BCUT2D eigenvalue weighted by Gasteiger charge is 2.40. The minimum Gasteiger partial charge on any atom is -0.543 e. The van der Waals surface area contributed by atoms with Crippen molar-refractivity contribution >= 4 is 36.2 Å². The van der Waals surface area contributed by atoms with E-state index in [0.717, 1.165) is 0 Å². The van der Waals surface area contributed by atoms with E-state index in [1.165, 1.54) is 25.0 Å². The number of benzene rings is 2. The van der Waals surface area contributed by atoms with Gasteiger partial charge in [0, 0.05) is 0 Å². The quantitative estimate of drug-likeness (QED) is 0.293. The highest BCUT2D eigenvalue weighted by Crippen LogP contribution is 2.46. The summed E-state index contributed by atoms with van der Waals surface area (Å²) in [4.78, 5) is 25.8. The van der Waals surface area contributed by atoms with Gasteiger partial charge in [0.15, 0.2) is 5.69 Å². The van der Waals surface area contributed by atoms with Gasteiger partial charge < -0.3 is 19.0 Å². The Bertz CT molecular complexity index is 1270. The molecule has 0 unspecified atom stereocenters. The fourth-order valence-electron chi connectivity index (χ4n) is 3.21. The van der Waals surface area contributed by atoms with E-state index in [-0.39, 0.29) is 33.3 Å². The number of hydrogen-bond acceptors (Lipinski definition) is 7. The number of hydrogen-bond donors (Lipinski definition) is 1. The second kappa shape index (κ2) is 9.86. The van der Waals surface area contributed by atoms with Gasteiger partial charge in [-0.15, -0.1) is 0 Å². The van der Waals surface area contributed by atoms with E-state index in [9.17, 15) is 14.7 Å². The highest BCUT2D eigenvalue weighted by atomic mass is 79.9. The lowest BCUT2D eigenvalue weighted by Gasteiger charge is -2.36. The van der Waals surface area contributed by atoms with Crippen LogP contribution in [0.3, 0.4) is 0 Å². The summed E-state index contributed by atoms with van der Waals surface area (Å²) in [6, 6.07) is 12.0. The Hall–Kier alpha value is -3.11. The standard InChI is InChI=1S/C25H29BrN2O6Si/c1-25(2,3)35(6,7)34-17-14-13-16(29)18(20(17)26)21-19(23(30)32-4)22(24(31)33-5)28(27-21)15-11-9-8-10-12-15/h8-14,29H,1-7H3. The molecule has 10 heteroatoms. The number of halogens is 1. The number of carbonyl (C=O) groups excluding carboxylic acids is 2. The van der Waals surface area contributed by atoms with Crippen LogP contribution < -0.4 is 4.43 Å². The van der Waals surface area contributed by atoms with Crippen LogP contribution >= 0.6 is 15.9 Å². The molecule has 0 radical (unpaired) electrons. The largest absolute Gasteiger partial charge is 0.543 e. The number of rotatable bonds is 6. The van der Waals surface area contributed by atoms with E-state index in [1.807, 2.05) is 6.07 Å². The zero-order valence-electron chi connectivity index (χ0n) is 20.8. The Morgan fingerprint density at radius 2 is 1.60 bits per heavy atom. The molecule has 8 nitrogen and oxygen atoms in total. The number of aromatic nitrogens is 2. The maximum absolute atomic E-state index is 13.0. The number of aromatic hydroxyl groups is 1. The highest BCUT2D eigenvalue weighted by molar-refractivity contribution is 9.10. The summed E-state index contributed by atoms with van der Waals surface area (Å²) in [5.74, 6) is -1.24. The zero-order chi connectivity index (χ0) is 26.1. The second-order valence-electron chi connectivity index (χ2n) is 9.44. The smallest absolute Gasteiger partial charge is 0.357 e. The van der Waals surface area contributed by atoms with Crippen molar-refractivity contribution in [2.75, 3.05) is 14.2 Å². The molecule has 0 aliphatic heterocycles. The summed E-state index contributed by atoms with van der Waals surface area (Å²) in [6.07, 6.45) is 0. The predicted molar refractivity (Wildman–Crippen MR) is 139 cm³/mol. The minimum atomic E-state index is -2.25. The average molecular weight is 562 g/mol. The van der Waals surface area contributed by atoms with Crippen LogP contribution in [0.15, 0.2) is 46.9 Å². The Balaban J connectivity index is 2.35. The second-order valence-corrected chi connectivity index (χ2v) is 15.0. The van der Waals surface area contributed by atoms with Crippen LogP contribution in [0.4, 0.5) is 0 Å². The van der Waals surface area contributed by atoms with Crippen LogP contribution in [0.1, 0.15) is 41.6 Å². The molecule has 3 aromatic rings. The monoisotopic (exact) mass is 560 g/mol. The molecule has 0 saturated carbocycles. The van der Waals surface area contributed by atoms with Crippen LogP contribution in [0.2, 0.25) is 18.1 Å². The van der Waals surface area contributed by atoms with E-state index in [4.69, 9.17) is 13.9 Å². The van der Waals surface area contributed by atoms with Gasteiger partial charge in [0.1, 0.15) is 22.8 Å². The Labute approximate surface area is 214 Å². The van der Waals surface area contributed by atoms with Crippen molar-refractivity contribution in [2.45, 2.75) is 38.9 Å². The molecule has 1 heterocycles. The maximum atomic E-state index is 13.0. The third-order valence-corrected chi connectivity index (χ3v) is 11.3. The summed E-state index contributed by atoms with van der Waals surface area (Å²) in [5.41, 5.74) is 0.507. The predicted octanol–water partition coefficient (Wildman–Crippen LogP) is 5.96. The lowest BCUT2D eigenvalue weighted by atomic mass is 10.0. The molecule has 0 amide bonds. The molecule has 1 aromatic heterocycles. The van der Waals surface area contributed by atoms with Gasteiger partial charge in [0.05, 0.1) is 29.9 Å². The van der Waals surface area contributed by atoms with Crippen molar-refractivity contribution in [3.8, 4) is 28.4 Å². The summed E-state index contributed by atoms with van der Waals surface area (Å²) in [6.45, 7) is 10.6. The van der Waals surface area contributed by atoms with Gasteiger partial charge in [-0.05, 0) is 58.3 Å². The van der Waals surface area contributed by atoms with Gasteiger partial charge >= 0.3 is 11.9 Å². The van der Waals surface area contributed by atoms with Crippen LogP contribution in [0.25, 0.3) is 16.9 Å². The van der Waals surface area contributed by atoms with E-state index in [1.54, 1.807) is 30.3 Å². The lowest BCUT2D eigenvalue weighted by molar-refractivity contribution is 0.0549. The third kappa shape index (κ3) is 4.99. The van der Waals surface area contributed by atoms with Gasteiger partial charge in [-0.25, -0.2) is 14.3 Å². The molecule has 0 saturated heterocycles. The average Bonchev–Trinajstić information content (AvgIpc) is 3.20. The topological polar surface area (TPSA) is 99.9 Å². The zero-order valence-corrected chi connectivity index (χ0v) is 23.4. The van der Waals surface area contributed by atoms with Gasteiger partial charge in [0.25, 0.3) is 8.32 Å². The molecule has 35 heavy (non-hydrogen) atoms. The molecular formula is C25H29BrN2O6Si. The molecule has 3 rings (SSSR count). The Kier molecular flexibility index (Phi) is 7.47. The summed E-state index contributed by atoms with van der Waals surface area (Å²) in [7, 11) is 0.176. The number of ether oxygens (including phenoxy) is 2. The lowest BCUT2D eigenvalue weighted by Crippen LogP contribution is -2.43. The Morgan fingerprint density at radius 1 is 1.00 bits per heavy atom. The summed E-state index contributed by atoms with van der Waals surface area (Å²) in [5, 5.41) is 15.4. The van der Waals surface area contributed by atoms with Crippen molar-refractivity contribution in [2.24, 2.45) is 0 Å². The van der Waals surface area contributed by atoms with Gasteiger partial charge in [-0.2, -0.15) is 5.10 Å². The number of methoxy groups -OCH3 is 2. The summed E-state index contributed by atoms with van der Waals surface area (Å²) >= 11 is 3.56. The molecule has 1 N–H and O–H groups in total. The first-order valence-electron chi connectivity index (χ1n) is 10.9. The van der Waals surface area contributed by atoms with E-state index < -0.39 is 20.3 Å². The van der Waals surface area contributed by atoms with E-state index in [2.05, 4.69) is 54.9 Å². The van der Waals surface area contributed by atoms with Crippen molar-refractivity contribution in [1.29, 1.82) is 0 Å². The number of para-hydroxylation sites is 1. The summed E-state index contributed by atoms with van der Waals surface area (Å²) < 4.78 is 18.1. The molecule has 2 aromatic carbocycles. The first-order valence-corrected chi connectivity index (χ1v) is 14.6. The van der Waals surface area contributed by atoms with Crippen LogP contribution in [0, 0.1) is 0 Å². The fourth-order valence-corrected chi connectivity index (χ4v) is 4.99. The molecular weight excluding hydrogens is 532 g/mol. The normalized spacial score (nSPS) is 11.8. The van der Waals surface area contributed by atoms with Crippen LogP contribution in [-0.4, -0.2) is 49.4 Å². The number of carbonyl (C=O) groups is 2. The van der Waals surface area contributed by atoms with Gasteiger partial charge in [-0.1, -0.05) is 39.0 Å². The third-order valence-electron chi connectivity index (χ3n) is 6.15. The van der Waals surface area contributed by atoms with E-state index >= 15 is 0 Å². The van der Waals surface area contributed by atoms with Gasteiger partial charge in [-0.3, -0.25) is 0 Å². The van der Waals surface area contributed by atoms with Crippen molar-refractivity contribution in [1.82, 2.24) is 9.78 Å². The number of phenols is 1. The first kappa shape index (κ1) is 26.5. The van der Waals surface area contributed by atoms with E-state index in [0.29, 0.717) is 15.9 Å². The molecule has 186 valence electrons. The maximum Gasteiger partial charge on any atom is 0.357 e. The van der Waals surface area contributed by atoms with Crippen molar-refractivity contribution in [3.05, 3.63) is 58.2 Å². The number of phenolic OH excluding ortho intramolecular Hbond substituents is 1. The molecule has 0 fully saturated rings. The molecule has 0 spiro atoms. The number of nitrogens with zero attached hydrogens (tertiary/aromatic N) is 2. The SMILES string of the molecule is COC(=O)c1c(-c2c(O)ccc(O[Si](C)(C)C(C)(C)C)c2Br)nn(-c2ccccc2)c1C(=O)OC. The van der Waals surface area contributed by atoms with Crippen molar-refractivity contribution < 1.29 is 28.6 Å². The van der Waals surface area contributed by atoms with Crippen LogP contribution in [0.5, 0.6) is 11.5 Å². The number of esters is 2. The molecule has 0 atom stereocenters.